The van der Waals surface area contributed by atoms with Gasteiger partial charge in [0.25, 0.3) is 0 Å². The Kier molecular flexibility index (Phi) is 7.82. The summed E-state index contributed by atoms with van der Waals surface area (Å²) in [4.78, 5) is 20.8. The molecule has 1 N–H and O–H groups in total. The highest BCUT2D eigenvalue weighted by Gasteiger charge is 2.28. The van der Waals surface area contributed by atoms with Crippen molar-refractivity contribution in [1.29, 1.82) is 0 Å². The average molecular weight is 508 g/mol. The van der Waals surface area contributed by atoms with E-state index in [2.05, 4.69) is 39.7 Å². The zero-order valence-corrected chi connectivity index (χ0v) is 21.1. The molecule has 8 heteroatoms. The Bertz CT molecular complexity index is 1340. The smallest absolute Gasteiger partial charge is 0.397 e. The first kappa shape index (κ1) is 25.5. The predicted molar refractivity (Wildman–Crippen MR) is 140 cm³/mol. The zero-order chi connectivity index (χ0) is 25.7. The number of carbonyl (C=O) groups is 1. The fourth-order valence-electron chi connectivity index (χ4n) is 4.02. The van der Waals surface area contributed by atoms with Gasteiger partial charge in [0.05, 0.1) is 0 Å². The number of aromatic nitrogens is 1. The number of halogens is 2. The number of ether oxygens (including phenoxy) is 1. The number of hydrogen-bond acceptors (Lipinski definition) is 6. The van der Waals surface area contributed by atoms with Gasteiger partial charge in [-0.15, -0.1) is 11.3 Å². The van der Waals surface area contributed by atoms with Crippen LogP contribution in [0.25, 0.3) is 6.08 Å². The van der Waals surface area contributed by atoms with E-state index in [4.69, 9.17) is 4.74 Å². The van der Waals surface area contributed by atoms with Crippen molar-refractivity contribution in [3.05, 3.63) is 81.2 Å². The molecule has 5 nitrogen and oxygen atoms in total. The molecule has 36 heavy (non-hydrogen) atoms. The number of anilines is 1. The minimum Gasteiger partial charge on any atom is -0.433 e. The second kappa shape index (κ2) is 11.0. The van der Waals surface area contributed by atoms with Gasteiger partial charge in [0, 0.05) is 66.2 Å². The maximum absolute atomic E-state index is 13.5. The summed E-state index contributed by atoms with van der Waals surface area (Å²) in [6.07, 6.45) is 0.742. The number of alkyl halides is 2. The van der Waals surface area contributed by atoms with Crippen molar-refractivity contribution in [1.82, 2.24) is 9.88 Å². The summed E-state index contributed by atoms with van der Waals surface area (Å²) in [5, 5.41) is 4.93. The topological polar surface area (TPSA) is 54.5 Å². The first-order valence-electron chi connectivity index (χ1n) is 11.7. The third-order valence-corrected chi connectivity index (χ3v) is 6.95. The van der Waals surface area contributed by atoms with Gasteiger partial charge in [-0.25, -0.2) is 4.98 Å². The summed E-state index contributed by atoms with van der Waals surface area (Å²) in [5.41, 5.74) is 4.19. The number of ketones is 1. The Balaban J connectivity index is 1.43. The Morgan fingerprint density at radius 2 is 2.22 bits per heavy atom. The van der Waals surface area contributed by atoms with Crippen LogP contribution in [0.3, 0.4) is 0 Å². The van der Waals surface area contributed by atoms with Gasteiger partial charge >= 0.3 is 6.11 Å². The van der Waals surface area contributed by atoms with Crippen LogP contribution in [-0.4, -0.2) is 35.4 Å². The van der Waals surface area contributed by atoms with Crippen LogP contribution in [0.1, 0.15) is 50.8 Å². The molecule has 1 aliphatic heterocycles. The Hall–Kier alpha value is -3.54. The van der Waals surface area contributed by atoms with Crippen molar-refractivity contribution in [2.24, 2.45) is 0 Å². The largest absolute Gasteiger partial charge is 0.433 e. The molecular weight excluding hydrogens is 480 g/mol. The van der Waals surface area contributed by atoms with Gasteiger partial charge in [0.1, 0.15) is 11.6 Å². The summed E-state index contributed by atoms with van der Waals surface area (Å²) in [6.45, 7) is 7.54. The number of nitrogens with one attached hydrogen (secondary N) is 1. The van der Waals surface area contributed by atoms with E-state index in [0.717, 1.165) is 53.4 Å². The van der Waals surface area contributed by atoms with Crippen LogP contribution in [0, 0.1) is 11.8 Å². The van der Waals surface area contributed by atoms with Crippen LogP contribution < -0.4 is 10.1 Å². The lowest BCUT2D eigenvalue weighted by atomic mass is 10.0. The van der Waals surface area contributed by atoms with Crippen LogP contribution in [0.4, 0.5) is 14.6 Å². The second-order valence-electron chi connectivity index (χ2n) is 8.45. The first-order valence-corrected chi connectivity index (χ1v) is 12.5. The number of hydrogen-bond donors (Lipinski definition) is 1. The van der Waals surface area contributed by atoms with Gasteiger partial charge in [0.15, 0.2) is 0 Å². The van der Waals surface area contributed by atoms with Gasteiger partial charge < -0.3 is 10.1 Å². The fraction of sp³-hybridized carbons (Fsp3) is 0.286. The molecule has 0 saturated carbocycles. The zero-order valence-electron chi connectivity index (χ0n) is 20.2. The SMILES string of the molecule is C=Cc1cc(CN2CCc3c(C(=O)C#Cc4cccc(OC(F)(F)CC)c4)csc3C2)cnc1NC. The summed E-state index contributed by atoms with van der Waals surface area (Å²) < 4.78 is 31.8. The molecule has 1 aromatic carbocycles. The van der Waals surface area contributed by atoms with Gasteiger partial charge in [-0.1, -0.05) is 31.6 Å². The lowest BCUT2D eigenvalue weighted by Gasteiger charge is -2.27. The Morgan fingerprint density at radius 1 is 1.39 bits per heavy atom. The Labute approximate surface area is 213 Å². The van der Waals surface area contributed by atoms with Crippen molar-refractivity contribution in [2.45, 2.75) is 39.0 Å². The highest BCUT2D eigenvalue weighted by Crippen LogP contribution is 2.30. The summed E-state index contributed by atoms with van der Waals surface area (Å²) in [7, 11) is 1.83. The average Bonchev–Trinajstić information content (AvgIpc) is 3.30. The number of fused-ring (bicyclic) bond motifs is 1. The minimum atomic E-state index is -3.24. The highest BCUT2D eigenvalue weighted by atomic mass is 32.1. The normalized spacial score (nSPS) is 13.3. The molecule has 4 rings (SSSR count). The van der Waals surface area contributed by atoms with E-state index >= 15 is 0 Å². The van der Waals surface area contributed by atoms with Crippen LogP contribution in [0.15, 0.2) is 48.5 Å². The molecule has 0 atom stereocenters. The number of thiophene rings is 1. The van der Waals surface area contributed by atoms with E-state index in [1.54, 1.807) is 29.5 Å². The lowest BCUT2D eigenvalue weighted by Crippen LogP contribution is -2.29. The van der Waals surface area contributed by atoms with E-state index in [1.807, 2.05) is 18.6 Å². The van der Waals surface area contributed by atoms with Crippen LogP contribution in [0.5, 0.6) is 5.75 Å². The second-order valence-corrected chi connectivity index (χ2v) is 9.41. The number of rotatable bonds is 8. The monoisotopic (exact) mass is 507 g/mol. The van der Waals surface area contributed by atoms with Crippen molar-refractivity contribution < 1.29 is 18.3 Å². The van der Waals surface area contributed by atoms with E-state index in [9.17, 15) is 13.6 Å². The van der Waals surface area contributed by atoms with E-state index in [1.165, 1.54) is 19.1 Å². The van der Waals surface area contributed by atoms with Gasteiger partial charge in [-0.3, -0.25) is 9.69 Å². The molecule has 1 aliphatic rings. The molecule has 186 valence electrons. The molecule has 0 unspecified atom stereocenters. The van der Waals surface area contributed by atoms with Crippen molar-refractivity contribution in [2.75, 3.05) is 18.9 Å². The fourth-order valence-corrected chi connectivity index (χ4v) is 5.14. The van der Waals surface area contributed by atoms with E-state index in [-0.39, 0.29) is 11.5 Å². The maximum atomic E-state index is 13.5. The number of benzene rings is 1. The number of carbonyl (C=O) groups excluding carboxylic acids is 1. The molecule has 3 aromatic rings. The van der Waals surface area contributed by atoms with E-state index < -0.39 is 12.5 Å². The molecular formula is C28H27F2N3O2S. The molecule has 0 fully saturated rings. The highest BCUT2D eigenvalue weighted by molar-refractivity contribution is 7.10. The number of pyridine rings is 1. The molecule has 0 aliphatic carbocycles. The first-order chi connectivity index (χ1) is 17.3. The molecule has 2 aromatic heterocycles. The molecule has 0 amide bonds. The van der Waals surface area contributed by atoms with Gasteiger partial charge in [-0.05, 0) is 47.7 Å². The molecule has 3 heterocycles. The van der Waals surface area contributed by atoms with Crippen LogP contribution >= 0.6 is 11.3 Å². The number of Topliss-reactive ketones (excluding diaryl/α,β-unsaturated/α-hetero) is 1. The van der Waals surface area contributed by atoms with Crippen molar-refractivity contribution in [3.8, 4) is 17.6 Å². The maximum Gasteiger partial charge on any atom is 0.397 e. The lowest BCUT2D eigenvalue weighted by molar-refractivity contribution is -0.177. The summed E-state index contributed by atoms with van der Waals surface area (Å²) in [5.74, 6) is 6.01. The van der Waals surface area contributed by atoms with Crippen LogP contribution in [0.2, 0.25) is 0 Å². The van der Waals surface area contributed by atoms with E-state index in [0.29, 0.717) is 11.1 Å². The minimum absolute atomic E-state index is 0.0186. The van der Waals surface area contributed by atoms with Crippen LogP contribution in [-0.2, 0) is 19.5 Å². The van der Waals surface area contributed by atoms with Crippen molar-refractivity contribution >= 4 is 29.0 Å². The quantitative estimate of drug-likeness (QED) is 0.299. The molecule has 0 spiro atoms. The van der Waals surface area contributed by atoms with Gasteiger partial charge in [0.2, 0.25) is 5.78 Å². The van der Waals surface area contributed by atoms with Gasteiger partial charge in [-0.2, -0.15) is 8.78 Å². The molecule has 0 radical (unpaired) electrons. The molecule has 0 saturated heterocycles. The molecule has 0 bridgehead atoms. The predicted octanol–water partition coefficient (Wildman–Crippen LogP) is 6.00. The standard InChI is InChI=1S/C28H27F2N3O2S/c1-4-21-13-20(15-32-27(21)31-3)16-33-12-11-23-24(18-36-26(23)17-33)25(34)10-9-19-7-6-8-22(14-19)35-28(29,30)5-2/h4,6-8,13-15,18H,1,5,11-12,16-17H2,2-3H3,(H,31,32). The third-order valence-electron chi connectivity index (χ3n) is 5.94. The summed E-state index contributed by atoms with van der Waals surface area (Å²) >= 11 is 1.57. The summed E-state index contributed by atoms with van der Waals surface area (Å²) in [6, 6.07) is 8.19. The number of nitrogens with zero attached hydrogens (tertiary/aromatic N) is 2. The third kappa shape index (κ3) is 5.99. The Morgan fingerprint density at radius 3 is 2.97 bits per heavy atom. The van der Waals surface area contributed by atoms with Crippen molar-refractivity contribution in [3.63, 3.8) is 0 Å².